The average molecular weight is 319 g/mol. The molecule has 3 aliphatic carbocycles. The van der Waals surface area contributed by atoms with Crippen LogP contribution in [0.3, 0.4) is 0 Å². The molecule has 4 nitrogen and oxygen atoms in total. The van der Waals surface area contributed by atoms with Crippen LogP contribution in [0.25, 0.3) is 0 Å². The molecule has 1 heterocycles. The second-order valence-corrected chi connectivity index (χ2v) is 7.05. The van der Waals surface area contributed by atoms with Crippen LogP contribution in [0.4, 0.5) is 0 Å². The van der Waals surface area contributed by atoms with Gasteiger partial charge in [-0.3, -0.25) is 14.9 Å². The maximum Gasteiger partial charge on any atom is 0.231 e. The van der Waals surface area contributed by atoms with Crippen molar-refractivity contribution < 1.29 is 14.7 Å². The Morgan fingerprint density at radius 1 is 0.958 bits per heavy atom. The molecule has 6 rings (SSSR count). The molecular formula is C20H17NO3. The molecule has 3 atom stereocenters. The first-order chi connectivity index (χ1) is 11.6. The van der Waals surface area contributed by atoms with Crippen LogP contribution in [-0.4, -0.2) is 23.0 Å². The zero-order chi connectivity index (χ0) is 16.6. The van der Waals surface area contributed by atoms with Gasteiger partial charge in [0.1, 0.15) is 0 Å². The normalized spacial score (nSPS) is 33.5. The second kappa shape index (κ2) is 4.33. The smallest absolute Gasteiger partial charge is 0.231 e. The van der Waals surface area contributed by atoms with Crippen LogP contribution in [0.2, 0.25) is 0 Å². The molecule has 1 saturated heterocycles. The molecule has 2 amide bonds. The van der Waals surface area contributed by atoms with Crippen molar-refractivity contribution in [2.45, 2.75) is 24.4 Å². The van der Waals surface area contributed by atoms with Gasteiger partial charge in [0.25, 0.3) is 0 Å². The molecule has 120 valence electrons. The van der Waals surface area contributed by atoms with Crippen molar-refractivity contribution in [1.29, 1.82) is 0 Å². The van der Waals surface area contributed by atoms with Crippen LogP contribution in [0.5, 0.6) is 0 Å². The number of nitrogens with one attached hydrogen (secondary N) is 1. The molecule has 2 bridgehead atoms. The summed E-state index contributed by atoms with van der Waals surface area (Å²) in [6, 6.07) is 15.8. The van der Waals surface area contributed by atoms with Crippen molar-refractivity contribution in [2.75, 3.05) is 0 Å². The number of benzene rings is 2. The summed E-state index contributed by atoms with van der Waals surface area (Å²) >= 11 is 0. The standard InChI is InChI=1S/C20H17NO3/c1-10(22)20-13-8-4-2-6-11(13)15(12-7-3-5-9-14(12)20)16-17(20)19(24)21-18(16)23/h2-10,15-17,22H,1H3,(H,21,23,24)/t10-,15?,16-,17+,20?/m1/s1. The maximum absolute atomic E-state index is 12.7. The van der Waals surface area contributed by atoms with Gasteiger partial charge in [0.05, 0.1) is 23.4 Å². The van der Waals surface area contributed by atoms with Crippen molar-refractivity contribution in [3.05, 3.63) is 70.8 Å². The predicted molar refractivity (Wildman–Crippen MR) is 87.3 cm³/mol. The van der Waals surface area contributed by atoms with E-state index in [2.05, 4.69) is 5.32 Å². The van der Waals surface area contributed by atoms with Crippen LogP contribution in [0, 0.1) is 11.8 Å². The number of imide groups is 1. The van der Waals surface area contributed by atoms with Crippen LogP contribution < -0.4 is 5.32 Å². The first kappa shape index (κ1) is 13.9. The number of amides is 2. The highest BCUT2D eigenvalue weighted by Crippen LogP contribution is 2.63. The number of hydrogen-bond donors (Lipinski definition) is 2. The number of rotatable bonds is 1. The van der Waals surface area contributed by atoms with E-state index in [1.165, 1.54) is 0 Å². The summed E-state index contributed by atoms with van der Waals surface area (Å²) in [5.74, 6) is -1.62. The minimum Gasteiger partial charge on any atom is -0.392 e. The predicted octanol–water partition coefficient (Wildman–Crippen LogP) is 1.70. The van der Waals surface area contributed by atoms with E-state index in [9.17, 15) is 14.7 Å². The zero-order valence-corrected chi connectivity index (χ0v) is 13.2. The van der Waals surface area contributed by atoms with E-state index < -0.39 is 23.4 Å². The Kier molecular flexibility index (Phi) is 2.52. The van der Waals surface area contributed by atoms with Gasteiger partial charge < -0.3 is 5.11 Å². The average Bonchev–Trinajstić information content (AvgIpc) is 2.90. The zero-order valence-electron chi connectivity index (χ0n) is 13.2. The van der Waals surface area contributed by atoms with Crippen LogP contribution in [-0.2, 0) is 15.0 Å². The molecule has 2 aromatic rings. The molecule has 1 aliphatic heterocycles. The number of carbonyl (C=O) groups is 2. The van der Waals surface area contributed by atoms with Crippen LogP contribution in [0.1, 0.15) is 35.1 Å². The SMILES string of the molecule is C[C@@H](O)C12c3ccccc3C(c3ccccc31)[C@H]1C(=O)NC(=O)[C@H]12. The highest BCUT2D eigenvalue weighted by Gasteiger charge is 2.67. The van der Waals surface area contributed by atoms with Crippen molar-refractivity contribution in [1.82, 2.24) is 5.32 Å². The van der Waals surface area contributed by atoms with Gasteiger partial charge in [-0.15, -0.1) is 0 Å². The highest BCUT2D eigenvalue weighted by molar-refractivity contribution is 6.08. The first-order valence-corrected chi connectivity index (χ1v) is 8.30. The lowest BCUT2D eigenvalue weighted by molar-refractivity contribution is -0.127. The molecule has 4 aliphatic rings. The number of carbonyl (C=O) groups excluding carboxylic acids is 2. The maximum atomic E-state index is 12.7. The Hall–Kier alpha value is -2.46. The van der Waals surface area contributed by atoms with Gasteiger partial charge in [0.15, 0.2) is 0 Å². The fourth-order valence-corrected chi connectivity index (χ4v) is 5.47. The highest BCUT2D eigenvalue weighted by atomic mass is 16.3. The van der Waals surface area contributed by atoms with Gasteiger partial charge >= 0.3 is 0 Å². The van der Waals surface area contributed by atoms with Gasteiger partial charge in [-0.2, -0.15) is 0 Å². The van der Waals surface area contributed by atoms with Crippen molar-refractivity contribution in [2.24, 2.45) is 11.8 Å². The van der Waals surface area contributed by atoms with Gasteiger partial charge in [0, 0.05) is 5.92 Å². The fraction of sp³-hybridized carbons (Fsp3) is 0.300. The third kappa shape index (κ3) is 1.31. The van der Waals surface area contributed by atoms with E-state index in [1.807, 2.05) is 48.5 Å². The summed E-state index contributed by atoms with van der Waals surface area (Å²) in [5.41, 5.74) is 3.21. The molecule has 24 heavy (non-hydrogen) atoms. The quantitative estimate of drug-likeness (QED) is 0.786. The van der Waals surface area contributed by atoms with Gasteiger partial charge in [-0.1, -0.05) is 48.5 Å². The lowest BCUT2D eigenvalue weighted by Gasteiger charge is -2.55. The van der Waals surface area contributed by atoms with Crippen molar-refractivity contribution >= 4 is 11.8 Å². The molecule has 0 unspecified atom stereocenters. The third-order valence-electron chi connectivity index (χ3n) is 6.18. The Labute approximate surface area is 139 Å². The Balaban J connectivity index is 1.97. The van der Waals surface area contributed by atoms with Gasteiger partial charge in [-0.25, -0.2) is 0 Å². The topological polar surface area (TPSA) is 66.4 Å². The van der Waals surface area contributed by atoms with Gasteiger partial charge in [0.2, 0.25) is 11.8 Å². The molecule has 0 spiro atoms. The van der Waals surface area contributed by atoms with Crippen LogP contribution in [0.15, 0.2) is 48.5 Å². The Morgan fingerprint density at radius 2 is 1.50 bits per heavy atom. The molecule has 2 aromatic carbocycles. The minimum absolute atomic E-state index is 0.130. The largest absolute Gasteiger partial charge is 0.392 e. The summed E-state index contributed by atoms with van der Waals surface area (Å²) in [6.07, 6.45) is -0.787. The number of hydrogen-bond acceptors (Lipinski definition) is 3. The minimum atomic E-state index is -0.872. The molecule has 0 saturated carbocycles. The molecular weight excluding hydrogens is 302 g/mol. The Morgan fingerprint density at radius 3 is 2.04 bits per heavy atom. The molecule has 2 N–H and O–H groups in total. The van der Waals surface area contributed by atoms with E-state index in [0.717, 1.165) is 22.3 Å². The van der Waals surface area contributed by atoms with E-state index in [0.29, 0.717) is 0 Å². The van der Waals surface area contributed by atoms with Crippen molar-refractivity contribution in [3.8, 4) is 0 Å². The van der Waals surface area contributed by atoms with Gasteiger partial charge in [-0.05, 0) is 29.2 Å². The Bertz CT molecular complexity index is 854. The molecule has 0 aromatic heterocycles. The molecule has 1 fully saturated rings. The van der Waals surface area contributed by atoms with E-state index in [-0.39, 0.29) is 17.7 Å². The van der Waals surface area contributed by atoms with E-state index >= 15 is 0 Å². The summed E-state index contributed by atoms with van der Waals surface area (Å²) < 4.78 is 0. The van der Waals surface area contributed by atoms with E-state index in [1.54, 1.807) is 6.92 Å². The monoisotopic (exact) mass is 319 g/mol. The fourth-order valence-electron chi connectivity index (χ4n) is 5.47. The summed E-state index contributed by atoms with van der Waals surface area (Å²) in [5, 5.41) is 13.4. The second-order valence-electron chi connectivity index (χ2n) is 7.05. The third-order valence-corrected chi connectivity index (χ3v) is 6.18. The summed E-state index contributed by atoms with van der Waals surface area (Å²) in [7, 11) is 0. The molecule has 4 heteroatoms. The number of aliphatic hydroxyl groups is 1. The summed E-state index contributed by atoms with van der Waals surface area (Å²) in [6.45, 7) is 1.73. The lowest BCUT2D eigenvalue weighted by atomic mass is 9.46. The molecule has 0 radical (unpaired) electrons. The summed E-state index contributed by atoms with van der Waals surface area (Å²) in [4.78, 5) is 25.3. The lowest BCUT2D eigenvalue weighted by Crippen LogP contribution is -2.58. The van der Waals surface area contributed by atoms with Crippen LogP contribution >= 0.6 is 0 Å². The van der Waals surface area contributed by atoms with E-state index in [4.69, 9.17) is 0 Å². The number of aliphatic hydroxyl groups excluding tert-OH is 1. The first-order valence-electron chi connectivity index (χ1n) is 8.30. The van der Waals surface area contributed by atoms with Crippen molar-refractivity contribution in [3.63, 3.8) is 0 Å².